The molecule has 0 amide bonds. The fourth-order valence-corrected chi connectivity index (χ4v) is 2.66. The number of carbonyl (C=O) groups is 2. The zero-order valence-electron chi connectivity index (χ0n) is 13.4. The number of ether oxygens (including phenoxy) is 1. The average molecular weight is 300 g/mol. The SMILES string of the molecule is C=C(C)C.CCOCCC1(C(=O)O)CCCCC1C(=O)O. The van der Waals surface area contributed by atoms with Gasteiger partial charge in [0.1, 0.15) is 0 Å². The van der Waals surface area contributed by atoms with Crippen molar-refractivity contribution in [2.24, 2.45) is 11.3 Å². The van der Waals surface area contributed by atoms with Crippen LogP contribution in [0.25, 0.3) is 0 Å². The average Bonchev–Trinajstić information content (AvgIpc) is 2.38. The van der Waals surface area contributed by atoms with E-state index in [9.17, 15) is 19.8 Å². The van der Waals surface area contributed by atoms with E-state index < -0.39 is 23.3 Å². The molecule has 0 radical (unpaired) electrons. The number of rotatable bonds is 6. The monoisotopic (exact) mass is 300 g/mol. The number of aliphatic carboxylic acids is 2. The second-order valence-electron chi connectivity index (χ2n) is 5.75. The van der Waals surface area contributed by atoms with Crippen molar-refractivity contribution in [3.63, 3.8) is 0 Å². The smallest absolute Gasteiger partial charge is 0.310 e. The van der Waals surface area contributed by atoms with Gasteiger partial charge >= 0.3 is 11.9 Å². The van der Waals surface area contributed by atoms with Crippen molar-refractivity contribution in [1.29, 1.82) is 0 Å². The van der Waals surface area contributed by atoms with Gasteiger partial charge in [0.15, 0.2) is 0 Å². The molecule has 0 saturated heterocycles. The summed E-state index contributed by atoms with van der Waals surface area (Å²) in [6.45, 7) is 10.2. The molecule has 0 aromatic carbocycles. The first-order chi connectivity index (χ1) is 9.77. The lowest BCUT2D eigenvalue weighted by Crippen LogP contribution is -2.45. The maximum atomic E-state index is 11.5. The summed E-state index contributed by atoms with van der Waals surface area (Å²) >= 11 is 0. The van der Waals surface area contributed by atoms with Gasteiger partial charge in [-0.3, -0.25) is 9.59 Å². The standard InChI is InChI=1S/C12H20O5.C4H8/c1-2-17-8-7-12(11(15)16)6-4-3-5-9(12)10(13)14;1-4(2)3/h9H,2-8H2,1H3,(H,13,14)(H,15,16);1H2,2-3H3. The summed E-state index contributed by atoms with van der Waals surface area (Å²) in [5.74, 6) is -2.78. The van der Waals surface area contributed by atoms with Crippen molar-refractivity contribution >= 4 is 11.9 Å². The Balaban J connectivity index is 0.000000885. The molecule has 1 aliphatic carbocycles. The summed E-state index contributed by atoms with van der Waals surface area (Å²) in [4.78, 5) is 22.7. The first-order valence-corrected chi connectivity index (χ1v) is 7.44. The highest BCUT2D eigenvalue weighted by atomic mass is 16.5. The highest BCUT2D eigenvalue weighted by Crippen LogP contribution is 2.44. The van der Waals surface area contributed by atoms with E-state index >= 15 is 0 Å². The van der Waals surface area contributed by atoms with Crippen molar-refractivity contribution in [2.75, 3.05) is 13.2 Å². The lowest BCUT2D eigenvalue weighted by molar-refractivity contribution is -0.167. The van der Waals surface area contributed by atoms with Crippen molar-refractivity contribution < 1.29 is 24.5 Å². The van der Waals surface area contributed by atoms with E-state index in [0.29, 0.717) is 26.1 Å². The number of allylic oxidation sites excluding steroid dienone is 1. The van der Waals surface area contributed by atoms with Gasteiger partial charge in [-0.15, -0.1) is 6.58 Å². The van der Waals surface area contributed by atoms with E-state index in [-0.39, 0.29) is 6.42 Å². The second-order valence-corrected chi connectivity index (χ2v) is 5.75. The van der Waals surface area contributed by atoms with Gasteiger partial charge in [0.2, 0.25) is 0 Å². The molecule has 1 aliphatic rings. The predicted octanol–water partition coefficient (Wildman–Crippen LogP) is 3.34. The molecule has 1 rings (SSSR count). The molecule has 0 aliphatic heterocycles. The van der Waals surface area contributed by atoms with Crippen molar-refractivity contribution in [3.05, 3.63) is 12.2 Å². The van der Waals surface area contributed by atoms with Gasteiger partial charge in [-0.05, 0) is 40.0 Å². The summed E-state index contributed by atoms with van der Waals surface area (Å²) < 4.78 is 5.18. The first kappa shape index (κ1) is 19.6. The topological polar surface area (TPSA) is 83.8 Å². The van der Waals surface area contributed by atoms with Crippen molar-refractivity contribution in [1.82, 2.24) is 0 Å². The van der Waals surface area contributed by atoms with Crippen LogP contribution in [0.5, 0.6) is 0 Å². The van der Waals surface area contributed by atoms with Crippen molar-refractivity contribution in [3.8, 4) is 0 Å². The fraction of sp³-hybridized carbons (Fsp3) is 0.750. The molecule has 0 spiro atoms. The molecule has 1 saturated carbocycles. The number of hydrogen-bond donors (Lipinski definition) is 2. The minimum absolute atomic E-state index is 0.285. The van der Waals surface area contributed by atoms with Gasteiger partial charge in [-0.1, -0.05) is 18.4 Å². The number of hydrogen-bond acceptors (Lipinski definition) is 3. The minimum Gasteiger partial charge on any atom is -0.481 e. The molecular formula is C16H28O5. The van der Waals surface area contributed by atoms with Gasteiger partial charge in [0, 0.05) is 13.2 Å². The molecule has 5 nitrogen and oxygen atoms in total. The number of carboxylic acids is 2. The van der Waals surface area contributed by atoms with Crippen LogP contribution in [-0.2, 0) is 14.3 Å². The van der Waals surface area contributed by atoms with E-state index in [4.69, 9.17) is 4.74 Å². The molecule has 2 N–H and O–H groups in total. The van der Waals surface area contributed by atoms with Crippen LogP contribution in [0.15, 0.2) is 12.2 Å². The third-order valence-electron chi connectivity index (χ3n) is 3.65. The van der Waals surface area contributed by atoms with Crippen LogP contribution in [-0.4, -0.2) is 35.4 Å². The molecule has 2 atom stereocenters. The normalized spacial score (nSPS) is 24.6. The third-order valence-corrected chi connectivity index (χ3v) is 3.65. The molecule has 122 valence electrons. The highest BCUT2D eigenvalue weighted by molar-refractivity contribution is 5.83. The van der Waals surface area contributed by atoms with E-state index in [0.717, 1.165) is 12.8 Å². The predicted molar refractivity (Wildman–Crippen MR) is 81.3 cm³/mol. The number of carboxylic acid groups (broad SMARTS) is 2. The summed E-state index contributed by atoms with van der Waals surface area (Å²) in [7, 11) is 0. The maximum Gasteiger partial charge on any atom is 0.310 e. The van der Waals surface area contributed by atoms with E-state index in [2.05, 4.69) is 6.58 Å². The highest BCUT2D eigenvalue weighted by Gasteiger charge is 2.50. The Hall–Kier alpha value is -1.36. The minimum atomic E-state index is -1.14. The molecule has 1 fully saturated rings. The van der Waals surface area contributed by atoms with Crippen LogP contribution in [0.1, 0.15) is 52.9 Å². The molecular weight excluding hydrogens is 272 g/mol. The van der Waals surface area contributed by atoms with Crippen molar-refractivity contribution in [2.45, 2.75) is 52.9 Å². The Morgan fingerprint density at radius 1 is 1.29 bits per heavy atom. The maximum absolute atomic E-state index is 11.5. The quantitative estimate of drug-likeness (QED) is 0.580. The first-order valence-electron chi connectivity index (χ1n) is 7.44. The van der Waals surface area contributed by atoms with Crippen LogP contribution < -0.4 is 0 Å². The Bertz CT molecular complexity index is 360. The lowest BCUT2D eigenvalue weighted by atomic mass is 9.64. The van der Waals surface area contributed by atoms with Gasteiger partial charge in [-0.25, -0.2) is 0 Å². The summed E-state index contributed by atoms with van der Waals surface area (Å²) in [5, 5.41) is 18.6. The third kappa shape index (κ3) is 6.29. The largest absolute Gasteiger partial charge is 0.481 e. The van der Waals surface area contributed by atoms with Crippen LogP contribution in [0.4, 0.5) is 0 Å². The molecule has 21 heavy (non-hydrogen) atoms. The molecule has 0 aromatic rings. The van der Waals surface area contributed by atoms with Gasteiger partial charge in [0.25, 0.3) is 0 Å². The van der Waals surface area contributed by atoms with E-state index in [1.807, 2.05) is 20.8 Å². The summed E-state index contributed by atoms with van der Waals surface area (Å²) in [6, 6.07) is 0. The van der Waals surface area contributed by atoms with Crippen LogP contribution in [0, 0.1) is 11.3 Å². The Labute approximate surface area is 127 Å². The van der Waals surface area contributed by atoms with E-state index in [1.165, 1.54) is 5.57 Å². The Morgan fingerprint density at radius 2 is 1.86 bits per heavy atom. The zero-order valence-corrected chi connectivity index (χ0v) is 13.4. The van der Waals surface area contributed by atoms with Crippen LogP contribution in [0.2, 0.25) is 0 Å². The lowest BCUT2D eigenvalue weighted by Gasteiger charge is -2.38. The Kier molecular flexibility index (Phi) is 8.93. The molecule has 0 aromatic heterocycles. The molecule has 0 heterocycles. The van der Waals surface area contributed by atoms with Crippen LogP contribution in [0.3, 0.4) is 0 Å². The van der Waals surface area contributed by atoms with Gasteiger partial charge < -0.3 is 14.9 Å². The molecule has 2 unspecified atom stereocenters. The molecule has 0 bridgehead atoms. The van der Waals surface area contributed by atoms with Gasteiger partial charge in [0.05, 0.1) is 11.3 Å². The summed E-state index contributed by atoms with van der Waals surface area (Å²) in [5.41, 5.74) is 0.0270. The summed E-state index contributed by atoms with van der Waals surface area (Å²) in [6.07, 6.45) is 2.75. The zero-order chi connectivity index (χ0) is 16.5. The Morgan fingerprint density at radius 3 is 2.29 bits per heavy atom. The molecule has 5 heteroatoms. The second kappa shape index (κ2) is 9.55. The van der Waals surface area contributed by atoms with Gasteiger partial charge in [-0.2, -0.15) is 0 Å². The van der Waals surface area contributed by atoms with Crippen LogP contribution >= 0.6 is 0 Å². The van der Waals surface area contributed by atoms with E-state index in [1.54, 1.807) is 0 Å². The fourth-order valence-electron chi connectivity index (χ4n) is 2.66.